The van der Waals surface area contributed by atoms with E-state index in [9.17, 15) is 9.18 Å². The molecule has 2 aromatic rings. The van der Waals surface area contributed by atoms with Crippen LogP contribution < -0.4 is 10.2 Å². The molecule has 160 valence electrons. The number of thioether (sulfide) groups is 1. The van der Waals surface area contributed by atoms with Crippen LogP contribution in [-0.4, -0.2) is 23.7 Å². The quantitative estimate of drug-likeness (QED) is 0.592. The van der Waals surface area contributed by atoms with Gasteiger partial charge in [0.05, 0.1) is 16.1 Å². The number of carbonyl (C=O) groups excluding carboxylic acids is 1. The Balaban J connectivity index is 1.67. The largest absolute Gasteiger partial charge is 0.365 e. The van der Waals surface area contributed by atoms with Gasteiger partial charge < -0.3 is 10.2 Å². The lowest BCUT2D eigenvalue weighted by atomic mass is 9.88. The predicted molar refractivity (Wildman–Crippen MR) is 129 cm³/mol. The molecule has 0 radical (unpaired) electrons. The summed E-state index contributed by atoms with van der Waals surface area (Å²) in [6, 6.07) is 9.35. The molecule has 4 nitrogen and oxygen atoms in total. The van der Waals surface area contributed by atoms with Crippen molar-refractivity contribution in [1.29, 1.82) is 0 Å². The second kappa shape index (κ2) is 7.68. The number of benzene rings is 2. The SMILES string of the molecule is CC1=CC(C)(C)N(C)c2cc(F)c(/C=C3/SC(=Nc4ccc(C)cc4C)NC3=O)cc21. The highest BCUT2D eigenvalue weighted by Gasteiger charge is 2.30. The Morgan fingerprint density at radius 3 is 2.61 bits per heavy atom. The molecule has 2 aliphatic heterocycles. The van der Waals surface area contributed by atoms with Crippen molar-refractivity contribution >= 4 is 45.9 Å². The van der Waals surface area contributed by atoms with E-state index < -0.39 is 0 Å². The van der Waals surface area contributed by atoms with Gasteiger partial charge in [-0.15, -0.1) is 0 Å². The minimum Gasteiger partial charge on any atom is -0.365 e. The minimum atomic E-state index is -0.350. The zero-order valence-corrected chi connectivity index (χ0v) is 19.4. The zero-order chi connectivity index (χ0) is 22.5. The number of likely N-dealkylation sites (N-methyl/N-ethyl adjacent to an activating group) is 1. The summed E-state index contributed by atoms with van der Waals surface area (Å²) in [5.41, 5.74) is 6.13. The molecule has 0 aromatic heterocycles. The summed E-state index contributed by atoms with van der Waals surface area (Å²) in [7, 11) is 1.97. The van der Waals surface area contributed by atoms with Crippen LogP contribution >= 0.6 is 11.8 Å². The number of fused-ring (bicyclic) bond motifs is 1. The first-order valence-electron chi connectivity index (χ1n) is 10.2. The van der Waals surface area contributed by atoms with Crippen LogP contribution in [0.4, 0.5) is 15.8 Å². The molecular weight excluding hydrogens is 409 g/mol. The van der Waals surface area contributed by atoms with Gasteiger partial charge in [0.15, 0.2) is 5.17 Å². The molecule has 2 aromatic carbocycles. The zero-order valence-electron chi connectivity index (χ0n) is 18.6. The standard InChI is InChI=1S/C25H26FN3OS/c1-14-7-8-20(15(2)9-14)27-24-28-23(30)22(31-24)11-17-10-18-16(3)13-25(4,5)29(6)21(18)12-19(17)26/h7-13H,1-6H3,(H,27,28,30)/b22-11+. The van der Waals surface area contributed by atoms with E-state index in [1.54, 1.807) is 12.1 Å². The third kappa shape index (κ3) is 4.04. The highest BCUT2D eigenvalue weighted by molar-refractivity contribution is 8.18. The number of nitrogens with one attached hydrogen (secondary N) is 1. The van der Waals surface area contributed by atoms with Gasteiger partial charge in [-0.3, -0.25) is 4.79 Å². The first kappa shape index (κ1) is 21.4. The van der Waals surface area contributed by atoms with E-state index in [-0.39, 0.29) is 17.3 Å². The molecule has 0 atom stereocenters. The Kier molecular flexibility index (Phi) is 5.30. The number of carbonyl (C=O) groups is 1. The van der Waals surface area contributed by atoms with E-state index in [0.29, 0.717) is 15.6 Å². The maximum absolute atomic E-state index is 15.0. The van der Waals surface area contributed by atoms with Crippen molar-refractivity contribution in [3.05, 3.63) is 69.4 Å². The van der Waals surface area contributed by atoms with Crippen LogP contribution in [0.1, 0.15) is 43.0 Å². The van der Waals surface area contributed by atoms with Crippen molar-refractivity contribution in [3.8, 4) is 0 Å². The van der Waals surface area contributed by atoms with Crippen LogP contribution in [-0.2, 0) is 4.79 Å². The molecular formula is C25H26FN3OS. The van der Waals surface area contributed by atoms with Gasteiger partial charge in [-0.25, -0.2) is 9.38 Å². The fourth-order valence-corrected chi connectivity index (χ4v) is 4.79. The van der Waals surface area contributed by atoms with Gasteiger partial charge in [0.1, 0.15) is 5.82 Å². The number of hydrogen-bond donors (Lipinski definition) is 1. The van der Waals surface area contributed by atoms with Crippen LogP contribution in [0, 0.1) is 19.7 Å². The van der Waals surface area contributed by atoms with Gasteiger partial charge in [-0.05, 0) is 81.8 Å². The van der Waals surface area contributed by atoms with E-state index in [1.807, 2.05) is 52.1 Å². The second-order valence-corrected chi connectivity index (χ2v) is 9.73. The van der Waals surface area contributed by atoms with E-state index in [1.165, 1.54) is 11.8 Å². The summed E-state index contributed by atoms with van der Waals surface area (Å²) in [6.45, 7) is 10.3. The van der Waals surface area contributed by atoms with Crippen LogP contribution in [0.5, 0.6) is 0 Å². The molecule has 2 heterocycles. The number of nitrogens with zero attached hydrogens (tertiary/aromatic N) is 2. The Hall–Kier alpha value is -2.86. The number of aliphatic imine (C=N–C) groups is 1. The van der Waals surface area contributed by atoms with Crippen LogP contribution in [0.3, 0.4) is 0 Å². The molecule has 1 N–H and O–H groups in total. The van der Waals surface area contributed by atoms with E-state index in [0.717, 1.165) is 33.6 Å². The monoisotopic (exact) mass is 435 g/mol. The van der Waals surface area contributed by atoms with E-state index in [2.05, 4.69) is 35.1 Å². The molecule has 1 fully saturated rings. The average Bonchev–Trinajstić information content (AvgIpc) is 3.02. The molecule has 31 heavy (non-hydrogen) atoms. The van der Waals surface area contributed by atoms with Crippen LogP contribution in [0.25, 0.3) is 11.6 Å². The summed E-state index contributed by atoms with van der Waals surface area (Å²) in [6.07, 6.45) is 3.78. The van der Waals surface area contributed by atoms with Crippen molar-refractivity contribution in [2.24, 2.45) is 4.99 Å². The van der Waals surface area contributed by atoms with Crippen LogP contribution in [0.15, 0.2) is 46.3 Å². The second-order valence-electron chi connectivity index (χ2n) is 8.70. The number of halogens is 1. The summed E-state index contributed by atoms with van der Waals surface area (Å²) in [4.78, 5) is 19.6. The topological polar surface area (TPSA) is 44.7 Å². The number of allylic oxidation sites excluding steroid dienone is 1. The van der Waals surface area contributed by atoms with Gasteiger partial charge in [0, 0.05) is 23.9 Å². The van der Waals surface area contributed by atoms with Gasteiger partial charge in [0.2, 0.25) is 0 Å². The summed E-state index contributed by atoms with van der Waals surface area (Å²) < 4.78 is 15.0. The average molecular weight is 436 g/mol. The fourth-order valence-electron chi connectivity index (χ4n) is 3.96. The van der Waals surface area contributed by atoms with Gasteiger partial charge in [-0.2, -0.15) is 0 Å². The Bertz CT molecular complexity index is 1190. The maximum Gasteiger partial charge on any atom is 0.264 e. The first-order valence-corrected chi connectivity index (χ1v) is 11.0. The molecule has 0 bridgehead atoms. The first-order chi connectivity index (χ1) is 14.5. The molecule has 4 rings (SSSR count). The fraction of sp³-hybridized carbons (Fsp3) is 0.280. The van der Waals surface area contributed by atoms with Crippen molar-refractivity contribution in [2.45, 2.75) is 40.2 Å². The smallest absolute Gasteiger partial charge is 0.264 e. The summed E-state index contributed by atoms with van der Waals surface area (Å²) in [5.74, 6) is -0.618. The van der Waals surface area contributed by atoms with Gasteiger partial charge in [-0.1, -0.05) is 23.8 Å². The molecule has 2 aliphatic rings. The molecule has 1 amide bonds. The normalized spacial score (nSPS) is 20.2. The van der Waals surface area contributed by atoms with Crippen molar-refractivity contribution in [2.75, 3.05) is 11.9 Å². The molecule has 0 aliphatic carbocycles. The highest BCUT2D eigenvalue weighted by Crippen LogP contribution is 2.40. The van der Waals surface area contributed by atoms with Crippen molar-refractivity contribution < 1.29 is 9.18 Å². The van der Waals surface area contributed by atoms with Crippen molar-refractivity contribution in [1.82, 2.24) is 5.32 Å². The van der Waals surface area contributed by atoms with Gasteiger partial charge >= 0.3 is 0 Å². The Labute approximate surface area is 186 Å². The lowest BCUT2D eigenvalue weighted by molar-refractivity contribution is -0.115. The number of hydrogen-bond acceptors (Lipinski definition) is 4. The number of anilines is 1. The van der Waals surface area contributed by atoms with E-state index in [4.69, 9.17) is 0 Å². The molecule has 0 saturated carbocycles. The Morgan fingerprint density at radius 2 is 1.90 bits per heavy atom. The third-order valence-corrected chi connectivity index (χ3v) is 6.76. The molecule has 6 heteroatoms. The minimum absolute atomic E-state index is 0.190. The molecule has 1 saturated heterocycles. The Morgan fingerprint density at radius 1 is 1.16 bits per heavy atom. The highest BCUT2D eigenvalue weighted by atomic mass is 32.2. The lowest BCUT2D eigenvalue weighted by Gasteiger charge is -2.40. The molecule has 0 unspecified atom stereocenters. The number of aryl methyl sites for hydroxylation is 2. The maximum atomic E-state index is 15.0. The number of rotatable bonds is 2. The van der Waals surface area contributed by atoms with Gasteiger partial charge in [0.25, 0.3) is 5.91 Å². The molecule has 0 spiro atoms. The predicted octanol–water partition coefficient (Wildman–Crippen LogP) is 5.97. The third-order valence-electron chi connectivity index (χ3n) is 5.85. The number of amidine groups is 1. The summed E-state index contributed by atoms with van der Waals surface area (Å²) >= 11 is 1.23. The summed E-state index contributed by atoms with van der Waals surface area (Å²) in [5, 5.41) is 3.29. The van der Waals surface area contributed by atoms with E-state index >= 15 is 0 Å². The number of amides is 1. The lowest BCUT2D eigenvalue weighted by Crippen LogP contribution is -2.42. The van der Waals surface area contributed by atoms with Crippen molar-refractivity contribution in [3.63, 3.8) is 0 Å². The van der Waals surface area contributed by atoms with Crippen LogP contribution in [0.2, 0.25) is 0 Å².